The van der Waals surface area contributed by atoms with Crippen LogP contribution in [-0.2, 0) is 0 Å². The van der Waals surface area contributed by atoms with Gasteiger partial charge in [-0.1, -0.05) is 11.3 Å². The van der Waals surface area contributed by atoms with Crippen LogP contribution in [0.4, 0.5) is 13.2 Å². The third-order valence-electron chi connectivity index (χ3n) is 1.58. The molecule has 0 saturated heterocycles. The lowest BCUT2D eigenvalue weighted by molar-refractivity contribution is 0.408. The Kier molecular flexibility index (Phi) is 2.59. The summed E-state index contributed by atoms with van der Waals surface area (Å²) in [6, 6.07) is 1.11. The van der Waals surface area contributed by atoms with Gasteiger partial charge < -0.3 is 4.74 Å². The van der Waals surface area contributed by atoms with Crippen LogP contribution in [-0.4, -0.2) is 4.98 Å². The summed E-state index contributed by atoms with van der Waals surface area (Å²) in [6.07, 6.45) is 1.31. The second kappa shape index (κ2) is 3.90. The average molecular weight is 231 g/mol. The van der Waals surface area contributed by atoms with Gasteiger partial charge in [0.25, 0.3) is 0 Å². The summed E-state index contributed by atoms with van der Waals surface area (Å²) < 4.78 is 43.6. The molecule has 0 amide bonds. The fourth-order valence-electron chi connectivity index (χ4n) is 0.982. The zero-order valence-electron chi connectivity index (χ0n) is 7.21. The second-order valence-electron chi connectivity index (χ2n) is 2.62. The Labute approximate surface area is 87.0 Å². The maximum absolute atomic E-state index is 13.1. The molecule has 2 aromatic rings. The first-order valence-electron chi connectivity index (χ1n) is 3.87. The van der Waals surface area contributed by atoms with Gasteiger partial charge in [0.15, 0.2) is 17.4 Å². The fourth-order valence-corrected chi connectivity index (χ4v) is 1.46. The smallest absolute Gasteiger partial charge is 0.200 e. The molecule has 1 aromatic carbocycles. The van der Waals surface area contributed by atoms with E-state index < -0.39 is 23.2 Å². The van der Waals surface area contributed by atoms with Gasteiger partial charge in [0.05, 0.1) is 11.7 Å². The summed E-state index contributed by atoms with van der Waals surface area (Å²) in [7, 11) is 0. The van der Waals surface area contributed by atoms with Crippen molar-refractivity contribution in [3.8, 4) is 10.8 Å². The number of ether oxygens (including phenoxy) is 1. The van der Waals surface area contributed by atoms with E-state index in [1.807, 2.05) is 0 Å². The molecule has 2 rings (SSSR count). The first kappa shape index (κ1) is 9.97. The van der Waals surface area contributed by atoms with Gasteiger partial charge in [-0.2, -0.15) is 0 Å². The molecule has 0 aliphatic carbocycles. The molecule has 0 spiro atoms. The SMILES string of the molecule is Fc1cc(F)c(Oc2cncs2)c(F)c1. The van der Waals surface area contributed by atoms with Gasteiger partial charge in [-0.15, -0.1) is 0 Å². The molecule has 0 aliphatic heterocycles. The Morgan fingerprint density at radius 1 is 1.13 bits per heavy atom. The predicted octanol–water partition coefficient (Wildman–Crippen LogP) is 3.35. The van der Waals surface area contributed by atoms with Crippen molar-refractivity contribution in [1.29, 1.82) is 0 Å². The van der Waals surface area contributed by atoms with E-state index in [2.05, 4.69) is 4.98 Å². The molecule has 6 heteroatoms. The van der Waals surface area contributed by atoms with Gasteiger partial charge in [-0.05, 0) is 0 Å². The fraction of sp³-hybridized carbons (Fsp3) is 0. The number of nitrogens with zero attached hydrogens (tertiary/aromatic N) is 1. The molecular weight excluding hydrogens is 227 g/mol. The normalized spacial score (nSPS) is 10.3. The predicted molar refractivity (Wildman–Crippen MR) is 48.5 cm³/mol. The van der Waals surface area contributed by atoms with Crippen molar-refractivity contribution in [2.45, 2.75) is 0 Å². The van der Waals surface area contributed by atoms with Crippen molar-refractivity contribution < 1.29 is 17.9 Å². The van der Waals surface area contributed by atoms with E-state index in [0.29, 0.717) is 12.1 Å². The Morgan fingerprint density at radius 2 is 1.80 bits per heavy atom. The van der Waals surface area contributed by atoms with Crippen LogP contribution in [0.25, 0.3) is 0 Å². The van der Waals surface area contributed by atoms with E-state index in [4.69, 9.17) is 4.74 Å². The zero-order valence-corrected chi connectivity index (χ0v) is 8.02. The average Bonchev–Trinajstić information content (AvgIpc) is 2.63. The Balaban J connectivity index is 2.36. The molecule has 0 saturated carbocycles. The maximum Gasteiger partial charge on any atom is 0.200 e. The lowest BCUT2D eigenvalue weighted by Crippen LogP contribution is -1.92. The number of benzene rings is 1. The minimum atomic E-state index is -1.08. The van der Waals surface area contributed by atoms with Crippen molar-refractivity contribution in [3.63, 3.8) is 0 Å². The number of thiazole rings is 1. The van der Waals surface area contributed by atoms with Crippen LogP contribution in [0.3, 0.4) is 0 Å². The second-order valence-corrected chi connectivity index (χ2v) is 3.47. The molecule has 2 nitrogen and oxygen atoms in total. The van der Waals surface area contributed by atoms with E-state index in [-0.39, 0.29) is 5.06 Å². The monoisotopic (exact) mass is 231 g/mol. The number of hydrogen-bond donors (Lipinski definition) is 0. The van der Waals surface area contributed by atoms with E-state index in [1.165, 1.54) is 11.7 Å². The summed E-state index contributed by atoms with van der Waals surface area (Å²) in [5, 5.41) is 0.236. The lowest BCUT2D eigenvalue weighted by atomic mass is 10.3. The molecule has 0 atom stereocenters. The first-order valence-corrected chi connectivity index (χ1v) is 4.75. The van der Waals surface area contributed by atoms with E-state index in [1.54, 1.807) is 0 Å². The largest absolute Gasteiger partial charge is 0.439 e. The molecule has 15 heavy (non-hydrogen) atoms. The topological polar surface area (TPSA) is 22.1 Å². The van der Waals surface area contributed by atoms with E-state index >= 15 is 0 Å². The molecule has 1 heterocycles. The molecule has 1 aromatic heterocycles. The highest BCUT2D eigenvalue weighted by molar-refractivity contribution is 7.11. The molecule has 0 bridgehead atoms. The van der Waals surface area contributed by atoms with Crippen molar-refractivity contribution in [1.82, 2.24) is 4.98 Å². The highest BCUT2D eigenvalue weighted by atomic mass is 32.1. The minimum Gasteiger partial charge on any atom is -0.439 e. The molecule has 0 radical (unpaired) electrons. The summed E-state index contributed by atoms with van der Waals surface area (Å²) in [5.41, 5.74) is 1.45. The molecule has 0 aliphatic rings. The number of halogens is 3. The van der Waals surface area contributed by atoms with Gasteiger partial charge in [0, 0.05) is 12.1 Å². The van der Waals surface area contributed by atoms with Gasteiger partial charge in [-0.25, -0.2) is 18.2 Å². The van der Waals surface area contributed by atoms with Crippen LogP contribution < -0.4 is 4.74 Å². The molecule has 0 N–H and O–H groups in total. The summed E-state index contributed by atoms with van der Waals surface area (Å²) in [6.45, 7) is 0. The van der Waals surface area contributed by atoms with Gasteiger partial charge in [0.2, 0.25) is 5.06 Å². The maximum atomic E-state index is 13.1. The summed E-state index contributed by atoms with van der Waals surface area (Å²) in [5.74, 6) is -3.77. The van der Waals surface area contributed by atoms with E-state index in [0.717, 1.165) is 11.3 Å². The van der Waals surface area contributed by atoms with Gasteiger partial charge >= 0.3 is 0 Å². The van der Waals surface area contributed by atoms with Crippen LogP contribution in [0.5, 0.6) is 10.8 Å². The van der Waals surface area contributed by atoms with E-state index in [9.17, 15) is 13.2 Å². The third-order valence-corrected chi connectivity index (χ3v) is 2.22. The van der Waals surface area contributed by atoms with Crippen LogP contribution in [0, 0.1) is 17.5 Å². The molecule has 0 unspecified atom stereocenters. The standard InChI is InChI=1S/C9H4F3NOS/c10-5-1-6(11)9(7(12)2-5)14-8-3-13-4-15-8/h1-4H. The van der Waals surface area contributed by atoms with Gasteiger partial charge in [-0.3, -0.25) is 0 Å². The van der Waals surface area contributed by atoms with Crippen LogP contribution in [0.1, 0.15) is 0 Å². The highest BCUT2D eigenvalue weighted by Gasteiger charge is 2.14. The lowest BCUT2D eigenvalue weighted by Gasteiger charge is -2.04. The first-order chi connectivity index (χ1) is 7.16. The quantitative estimate of drug-likeness (QED) is 0.790. The Hall–Kier alpha value is -1.56. The highest BCUT2D eigenvalue weighted by Crippen LogP contribution is 2.30. The summed E-state index contributed by atoms with van der Waals surface area (Å²) >= 11 is 1.08. The third kappa shape index (κ3) is 2.10. The molecule has 78 valence electrons. The van der Waals surface area contributed by atoms with Crippen LogP contribution in [0.15, 0.2) is 23.8 Å². The van der Waals surface area contributed by atoms with Crippen LogP contribution >= 0.6 is 11.3 Å². The Bertz CT molecular complexity index is 449. The Morgan fingerprint density at radius 3 is 2.33 bits per heavy atom. The minimum absolute atomic E-state index is 0.236. The van der Waals surface area contributed by atoms with Crippen LogP contribution in [0.2, 0.25) is 0 Å². The number of rotatable bonds is 2. The molecular formula is C9H4F3NOS. The number of hydrogen-bond acceptors (Lipinski definition) is 3. The van der Waals surface area contributed by atoms with Crippen molar-refractivity contribution >= 4 is 11.3 Å². The van der Waals surface area contributed by atoms with Crippen molar-refractivity contribution in [2.75, 3.05) is 0 Å². The van der Waals surface area contributed by atoms with Crippen molar-refractivity contribution in [3.05, 3.63) is 41.3 Å². The number of aromatic nitrogens is 1. The molecule has 0 fully saturated rings. The summed E-state index contributed by atoms with van der Waals surface area (Å²) in [4.78, 5) is 3.67. The zero-order chi connectivity index (χ0) is 10.8. The van der Waals surface area contributed by atoms with Crippen molar-refractivity contribution in [2.24, 2.45) is 0 Å². The van der Waals surface area contributed by atoms with Gasteiger partial charge in [0.1, 0.15) is 5.82 Å².